The molecule has 0 radical (unpaired) electrons. The van der Waals surface area contributed by atoms with Gasteiger partial charge in [0.05, 0.1) is 35.7 Å². The minimum absolute atomic E-state index is 0.0421. The fourth-order valence-electron chi connectivity index (χ4n) is 4.22. The van der Waals surface area contributed by atoms with Crippen LogP contribution in [0.4, 0.5) is 19.1 Å². The lowest BCUT2D eigenvalue weighted by atomic mass is 9.94. The highest BCUT2D eigenvalue weighted by atomic mass is 19.4. The van der Waals surface area contributed by atoms with Crippen LogP contribution < -0.4 is 15.8 Å². The molecule has 216 valence electrons. The molecule has 0 fully saturated rings. The van der Waals surface area contributed by atoms with E-state index in [0.29, 0.717) is 25.5 Å². The molecule has 1 atom stereocenters. The quantitative estimate of drug-likeness (QED) is 0.268. The van der Waals surface area contributed by atoms with Crippen LogP contribution in [-0.4, -0.2) is 56.2 Å². The number of carbonyl (C=O) groups is 2. The number of carboxylic acids is 1. The number of ether oxygens (including phenoxy) is 1. The maximum absolute atomic E-state index is 12.2. The molecule has 1 unspecified atom stereocenters. The van der Waals surface area contributed by atoms with Gasteiger partial charge in [0.15, 0.2) is 0 Å². The Morgan fingerprint density at radius 2 is 1.93 bits per heavy atom. The predicted molar refractivity (Wildman–Crippen MR) is 145 cm³/mol. The van der Waals surface area contributed by atoms with Crippen LogP contribution in [0.1, 0.15) is 36.7 Å². The van der Waals surface area contributed by atoms with E-state index in [4.69, 9.17) is 25.4 Å². The third-order valence-electron chi connectivity index (χ3n) is 6.20. The van der Waals surface area contributed by atoms with E-state index in [1.165, 1.54) is 0 Å². The molecule has 0 spiro atoms. The molecule has 4 aromatic rings. The van der Waals surface area contributed by atoms with Crippen LogP contribution in [0.25, 0.3) is 22.3 Å². The highest BCUT2D eigenvalue weighted by Crippen LogP contribution is 2.33. The summed E-state index contributed by atoms with van der Waals surface area (Å²) in [6.07, 6.45) is -2.27. The van der Waals surface area contributed by atoms with Crippen LogP contribution in [0, 0.1) is 5.92 Å². The van der Waals surface area contributed by atoms with Crippen LogP contribution in [0.5, 0.6) is 5.75 Å². The molecule has 0 saturated carbocycles. The van der Waals surface area contributed by atoms with E-state index in [9.17, 15) is 18.0 Å². The number of anilines is 1. The number of benzene rings is 2. The first-order chi connectivity index (χ1) is 19.4. The molecular weight excluding hydrogens is 541 g/mol. The van der Waals surface area contributed by atoms with Gasteiger partial charge >= 0.3 is 12.1 Å². The van der Waals surface area contributed by atoms with E-state index in [1.807, 2.05) is 36.4 Å². The first kappa shape index (κ1) is 29.3. The number of H-pyrrole nitrogens is 1. The molecule has 2 aromatic heterocycles. The second-order valence-corrected chi connectivity index (χ2v) is 9.99. The van der Waals surface area contributed by atoms with E-state index in [2.05, 4.69) is 40.2 Å². The second kappa shape index (κ2) is 12.2. The van der Waals surface area contributed by atoms with E-state index >= 15 is 0 Å². The third kappa shape index (κ3) is 7.71. The number of hydrogen-bond acceptors (Lipinski definition) is 7. The standard InChI is InChI=1S/C26H28N6O2.C2HF3O2/c1-15(2)13-29-24(33)10-16-3-6-23-18(9-16)11-19(14-34-23)25-30-21-5-4-17(12-22(21)31-25)20-7-8-28-26(27)32-20;3-2(4,5)1(6)7/h3-9,12,15,19H,10-11,13-14H2,1-2H3,(H,29,33)(H,30,31)(H2,27,28,32);(H,6,7). The Hall–Kier alpha value is -4.68. The zero-order chi connectivity index (χ0) is 29.7. The largest absolute Gasteiger partial charge is 0.493 e. The van der Waals surface area contributed by atoms with Crippen molar-refractivity contribution in [1.82, 2.24) is 25.3 Å². The molecule has 2 aromatic carbocycles. The molecule has 1 amide bonds. The van der Waals surface area contributed by atoms with Crippen molar-refractivity contribution in [3.63, 3.8) is 0 Å². The summed E-state index contributed by atoms with van der Waals surface area (Å²) in [6.45, 7) is 5.41. The van der Waals surface area contributed by atoms with E-state index < -0.39 is 12.1 Å². The van der Waals surface area contributed by atoms with Gasteiger partial charge in [-0.05, 0) is 47.7 Å². The third-order valence-corrected chi connectivity index (χ3v) is 6.20. The SMILES string of the molecule is CC(C)CNC(=O)Cc1ccc2c(c1)CC(c1nc3ccc(-c4ccnc(N)n4)cc3[nH]1)CO2.O=C(O)C(F)(F)F. The van der Waals surface area contributed by atoms with Crippen molar-refractivity contribution in [2.24, 2.45) is 5.92 Å². The van der Waals surface area contributed by atoms with Gasteiger partial charge in [0, 0.05) is 18.3 Å². The molecule has 1 aliphatic rings. The molecule has 0 saturated heterocycles. The minimum Gasteiger partial charge on any atom is -0.493 e. The molecule has 3 heterocycles. The van der Waals surface area contributed by atoms with Crippen LogP contribution in [0.2, 0.25) is 0 Å². The topological polar surface area (TPSA) is 156 Å². The monoisotopic (exact) mass is 570 g/mol. The number of aromatic nitrogens is 4. The Bertz CT molecular complexity index is 1550. The highest BCUT2D eigenvalue weighted by Gasteiger charge is 2.38. The smallest absolute Gasteiger partial charge is 0.490 e. The van der Waals surface area contributed by atoms with Gasteiger partial charge in [-0.25, -0.2) is 19.7 Å². The van der Waals surface area contributed by atoms with Crippen molar-refractivity contribution < 1.29 is 32.6 Å². The number of amides is 1. The minimum atomic E-state index is -5.08. The Labute approximate surface area is 233 Å². The maximum Gasteiger partial charge on any atom is 0.490 e. The van der Waals surface area contributed by atoms with Gasteiger partial charge in [-0.2, -0.15) is 13.2 Å². The average Bonchev–Trinajstić information content (AvgIpc) is 3.35. The van der Waals surface area contributed by atoms with Gasteiger partial charge in [-0.3, -0.25) is 4.79 Å². The molecule has 13 heteroatoms. The normalized spacial score (nSPS) is 14.5. The number of hydrogen-bond donors (Lipinski definition) is 4. The number of rotatable bonds is 6. The fourth-order valence-corrected chi connectivity index (χ4v) is 4.22. The van der Waals surface area contributed by atoms with Gasteiger partial charge in [-0.15, -0.1) is 0 Å². The van der Waals surface area contributed by atoms with Gasteiger partial charge in [0.2, 0.25) is 11.9 Å². The molecule has 10 nitrogen and oxygen atoms in total. The molecule has 41 heavy (non-hydrogen) atoms. The van der Waals surface area contributed by atoms with Gasteiger partial charge in [0.1, 0.15) is 11.6 Å². The Kier molecular flexibility index (Phi) is 8.74. The number of imidazole rings is 1. The van der Waals surface area contributed by atoms with Crippen molar-refractivity contribution in [1.29, 1.82) is 0 Å². The fraction of sp³-hybridized carbons (Fsp3) is 0.321. The zero-order valence-electron chi connectivity index (χ0n) is 22.3. The predicted octanol–water partition coefficient (Wildman–Crippen LogP) is 4.27. The molecule has 0 bridgehead atoms. The van der Waals surface area contributed by atoms with Crippen LogP contribution >= 0.6 is 0 Å². The Morgan fingerprint density at radius 3 is 2.61 bits per heavy atom. The number of alkyl halides is 3. The Morgan fingerprint density at radius 1 is 1.17 bits per heavy atom. The van der Waals surface area contributed by atoms with Crippen molar-refractivity contribution in [3.8, 4) is 17.0 Å². The zero-order valence-corrected chi connectivity index (χ0v) is 22.3. The van der Waals surface area contributed by atoms with E-state index in [0.717, 1.165) is 51.4 Å². The first-order valence-electron chi connectivity index (χ1n) is 12.8. The van der Waals surface area contributed by atoms with Crippen molar-refractivity contribution in [2.45, 2.75) is 38.8 Å². The molecule has 1 aliphatic heterocycles. The number of carbonyl (C=O) groups excluding carboxylic acids is 1. The average molecular weight is 571 g/mol. The number of nitrogens with two attached hydrogens (primary N) is 1. The van der Waals surface area contributed by atoms with Crippen molar-refractivity contribution >= 4 is 28.9 Å². The first-order valence-corrected chi connectivity index (χ1v) is 12.8. The number of nitrogens with one attached hydrogen (secondary N) is 2. The molecule has 5 rings (SSSR count). The lowest BCUT2D eigenvalue weighted by molar-refractivity contribution is -0.192. The lowest BCUT2D eigenvalue weighted by Gasteiger charge is -2.24. The molecule has 0 aliphatic carbocycles. The van der Waals surface area contributed by atoms with Crippen LogP contribution in [0.3, 0.4) is 0 Å². The summed E-state index contributed by atoms with van der Waals surface area (Å²) in [7, 11) is 0. The summed E-state index contributed by atoms with van der Waals surface area (Å²) >= 11 is 0. The van der Waals surface area contributed by atoms with E-state index in [-0.39, 0.29) is 17.8 Å². The molecule has 5 N–H and O–H groups in total. The summed E-state index contributed by atoms with van der Waals surface area (Å²) < 4.78 is 37.8. The summed E-state index contributed by atoms with van der Waals surface area (Å²) in [4.78, 5) is 37.7. The van der Waals surface area contributed by atoms with Gasteiger partial charge in [-0.1, -0.05) is 32.0 Å². The number of nitrogens with zero attached hydrogens (tertiary/aromatic N) is 3. The number of fused-ring (bicyclic) bond motifs is 2. The van der Waals surface area contributed by atoms with Gasteiger partial charge < -0.3 is 25.9 Å². The summed E-state index contributed by atoms with van der Waals surface area (Å²) in [6, 6.07) is 13.8. The summed E-state index contributed by atoms with van der Waals surface area (Å²) in [5.41, 5.74) is 11.4. The van der Waals surface area contributed by atoms with Crippen molar-refractivity contribution in [3.05, 3.63) is 65.6 Å². The van der Waals surface area contributed by atoms with Crippen LogP contribution in [0.15, 0.2) is 48.7 Å². The van der Waals surface area contributed by atoms with Crippen molar-refractivity contribution in [2.75, 3.05) is 18.9 Å². The van der Waals surface area contributed by atoms with E-state index in [1.54, 1.807) is 6.20 Å². The number of aliphatic carboxylic acids is 1. The Balaban J connectivity index is 0.000000493. The highest BCUT2D eigenvalue weighted by molar-refractivity contribution is 5.81. The lowest BCUT2D eigenvalue weighted by Crippen LogP contribution is -2.28. The summed E-state index contributed by atoms with van der Waals surface area (Å²) in [5.74, 6) is -0.170. The maximum atomic E-state index is 12.2. The number of nitrogen functional groups attached to an aromatic ring is 1. The van der Waals surface area contributed by atoms with Gasteiger partial charge in [0.25, 0.3) is 0 Å². The molecular formula is C28H29F3N6O4. The number of aromatic amines is 1. The number of halogens is 3. The second-order valence-electron chi connectivity index (χ2n) is 9.99. The van der Waals surface area contributed by atoms with Crippen LogP contribution in [-0.2, 0) is 22.4 Å². The number of carboxylic acid groups (broad SMARTS) is 1. The summed E-state index contributed by atoms with van der Waals surface area (Å²) in [5, 5.41) is 10.1.